The number of aryl methyl sites for hydroxylation is 1. The number of hydrogen-bond acceptors (Lipinski definition) is 5. The van der Waals surface area contributed by atoms with Gasteiger partial charge in [0.15, 0.2) is 0 Å². The van der Waals surface area contributed by atoms with Gasteiger partial charge in [-0.3, -0.25) is 4.79 Å². The van der Waals surface area contributed by atoms with Crippen LogP contribution in [0.2, 0.25) is 0 Å². The summed E-state index contributed by atoms with van der Waals surface area (Å²) in [5.74, 6) is 0.709. The van der Waals surface area contributed by atoms with Crippen LogP contribution in [0.5, 0.6) is 5.75 Å². The van der Waals surface area contributed by atoms with Crippen LogP contribution in [0.4, 0.5) is 0 Å². The molecule has 0 fully saturated rings. The highest BCUT2D eigenvalue weighted by Crippen LogP contribution is 2.24. The van der Waals surface area contributed by atoms with Crippen molar-refractivity contribution in [2.24, 2.45) is 11.7 Å². The van der Waals surface area contributed by atoms with Crippen LogP contribution in [-0.4, -0.2) is 25.1 Å². The van der Waals surface area contributed by atoms with E-state index in [0.29, 0.717) is 29.9 Å². The first-order valence-corrected chi connectivity index (χ1v) is 8.83. The zero-order valence-electron chi connectivity index (χ0n) is 16.5. The van der Waals surface area contributed by atoms with Crippen molar-refractivity contribution >= 4 is 29.3 Å². The van der Waals surface area contributed by atoms with Crippen molar-refractivity contribution < 1.29 is 13.9 Å². The van der Waals surface area contributed by atoms with Crippen molar-refractivity contribution in [3.63, 3.8) is 0 Å². The van der Waals surface area contributed by atoms with Gasteiger partial charge in [-0.1, -0.05) is 13.8 Å². The zero-order chi connectivity index (χ0) is 19.5. The first kappa shape index (κ1) is 23.0. The summed E-state index contributed by atoms with van der Waals surface area (Å²) in [5.41, 5.74) is 6.77. The van der Waals surface area contributed by atoms with Gasteiger partial charge in [-0.15, -0.1) is 12.4 Å². The molecule has 1 unspecified atom stereocenters. The van der Waals surface area contributed by atoms with E-state index in [1.54, 1.807) is 13.2 Å². The number of rotatable bonds is 7. The second kappa shape index (κ2) is 9.24. The minimum atomic E-state index is -0.462. The maximum absolute atomic E-state index is 12.4. The van der Waals surface area contributed by atoms with E-state index in [1.165, 1.54) is 0 Å². The van der Waals surface area contributed by atoms with Gasteiger partial charge in [0.25, 0.3) is 0 Å². The highest BCUT2D eigenvalue weighted by molar-refractivity contribution is 5.85. The van der Waals surface area contributed by atoms with E-state index in [9.17, 15) is 9.59 Å². The normalized spacial score (nSPS) is 13.1. The summed E-state index contributed by atoms with van der Waals surface area (Å²) in [7, 11) is 1.56. The third-order valence-electron chi connectivity index (χ3n) is 5.22. The molecule has 0 aliphatic rings. The molecular formula is C20H29ClN2O4. The van der Waals surface area contributed by atoms with Crippen LogP contribution in [0.3, 0.4) is 0 Å². The average molecular weight is 397 g/mol. The summed E-state index contributed by atoms with van der Waals surface area (Å²) >= 11 is 0. The highest BCUT2D eigenvalue weighted by Gasteiger charge is 2.28. The van der Waals surface area contributed by atoms with Crippen LogP contribution < -0.4 is 21.4 Å². The van der Waals surface area contributed by atoms with Gasteiger partial charge in [-0.05, 0) is 43.9 Å². The van der Waals surface area contributed by atoms with Gasteiger partial charge < -0.3 is 20.2 Å². The molecule has 0 aliphatic heterocycles. The fraction of sp³-hybridized carbons (Fsp3) is 0.500. The van der Waals surface area contributed by atoms with Crippen molar-refractivity contribution in [2.75, 3.05) is 13.7 Å². The minimum absolute atomic E-state index is 0. The number of amides is 1. The number of nitrogens with one attached hydrogen (secondary N) is 1. The number of methoxy groups -OCH3 is 1. The molecule has 3 N–H and O–H groups in total. The number of hydrogen-bond donors (Lipinski definition) is 2. The predicted octanol–water partition coefficient (Wildman–Crippen LogP) is 2.95. The lowest BCUT2D eigenvalue weighted by Gasteiger charge is -2.33. The molecule has 1 aromatic carbocycles. The molecule has 1 atom stereocenters. The third-order valence-corrected chi connectivity index (χ3v) is 5.22. The van der Waals surface area contributed by atoms with E-state index in [4.69, 9.17) is 14.9 Å². The summed E-state index contributed by atoms with van der Waals surface area (Å²) in [6, 6.07) is 5.37. The first-order chi connectivity index (χ1) is 12.2. The van der Waals surface area contributed by atoms with E-state index in [1.807, 2.05) is 39.8 Å². The van der Waals surface area contributed by atoms with Crippen molar-refractivity contribution in [1.82, 2.24) is 5.32 Å². The lowest BCUT2D eigenvalue weighted by molar-refractivity contribution is -0.123. The van der Waals surface area contributed by atoms with Gasteiger partial charge in [0, 0.05) is 30.0 Å². The topological polar surface area (TPSA) is 94.6 Å². The quantitative estimate of drug-likeness (QED) is 0.701. The van der Waals surface area contributed by atoms with Crippen molar-refractivity contribution in [1.29, 1.82) is 0 Å². The smallest absolute Gasteiger partial charge is 0.339 e. The zero-order valence-corrected chi connectivity index (χ0v) is 17.4. The average Bonchev–Trinajstić information content (AvgIpc) is 2.60. The van der Waals surface area contributed by atoms with Crippen LogP contribution >= 0.6 is 12.4 Å². The molecule has 0 aliphatic carbocycles. The van der Waals surface area contributed by atoms with Crippen LogP contribution in [0, 0.1) is 12.8 Å². The number of carbonyl (C=O) groups excluding carboxylic acids is 1. The van der Waals surface area contributed by atoms with Gasteiger partial charge >= 0.3 is 5.63 Å². The van der Waals surface area contributed by atoms with Gasteiger partial charge in [-0.2, -0.15) is 0 Å². The number of halogens is 1. The molecule has 0 spiro atoms. The Morgan fingerprint density at radius 2 is 2.04 bits per heavy atom. The number of fused-ring (bicyclic) bond motifs is 1. The molecule has 150 valence electrons. The lowest BCUT2D eigenvalue weighted by Crippen LogP contribution is -2.55. The molecule has 0 bridgehead atoms. The summed E-state index contributed by atoms with van der Waals surface area (Å²) in [6.45, 7) is 8.19. The van der Waals surface area contributed by atoms with Gasteiger partial charge in [0.1, 0.15) is 11.3 Å². The molecular weight excluding hydrogens is 368 g/mol. The van der Waals surface area contributed by atoms with Crippen LogP contribution in [-0.2, 0) is 11.2 Å². The Bertz CT molecular complexity index is 863. The molecule has 2 aromatic rings. The SMILES string of the molecule is COc1ccc2c(C)c(CCC(=O)NC(C)(CN)C(C)C)c(=O)oc2c1.Cl. The Balaban J connectivity index is 0.00000364. The summed E-state index contributed by atoms with van der Waals surface area (Å²) < 4.78 is 10.6. The first-order valence-electron chi connectivity index (χ1n) is 8.83. The van der Waals surface area contributed by atoms with E-state index < -0.39 is 11.2 Å². The van der Waals surface area contributed by atoms with Gasteiger partial charge in [0.05, 0.1) is 12.6 Å². The molecule has 7 heteroatoms. The molecule has 27 heavy (non-hydrogen) atoms. The molecule has 1 aromatic heterocycles. The summed E-state index contributed by atoms with van der Waals surface area (Å²) in [4.78, 5) is 24.7. The fourth-order valence-corrected chi connectivity index (χ4v) is 2.84. The largest absolute Gasteiger partial charge is 0.497 e. The Hall–Kier alpha value is -2.05. The summed E-state index contributed by atoms with van der Waals surface area (Å²) in [6.07, 6.45) is 0.524. The maximum atomic E-state index is 12.4. The minimum Gasteiger partial charge on any atom is -0.497 e. The number of benzene rings is 1. The van der Waals surface area contributed by atoms with Crippen LogP contribution in [0.15, 0.2) is 27.4 Å². The molecule has 0 saturated heterocycles. The predicted molar refractivity (Wildman–Crippen MR) is 110 cm³/mol. The Labute approximate surface area is 165 Å². The van der Waals surface area contributed by atoms with Crippen molar-refractivity contribution in [3.8, 4) is 5.75 Å². The lowest BCUT2D eigenvalue weighted by atomic mass is 9.88. The Kier molecular flexibility index (Phi) is 7.87. The summed E-state index contributed by atoms with van der Waals surface area (Å²) in [5, 5.41) is 3.83. The van der Waals surface area contributed by atoms with Crippen LogP contribution in [0.25, 0.3) is 11.0 Å². The van der Waals surface area contributed by atoms with Crippen molar-refractivity contribution in [2.45, 2.75) is 46.1 Å². The number of carbonyl (C=O) groups is 1. The van der Waals surface area contributed by atoms with E-state index in [2.05, 4.69) is 5.32 Å². The van der Waals surface area contributed by atoms with E-state index >= 15 is 0 Å². The van der Waals surface area contributed by atoms with Gasteiger partial charge in [-0.25, -0.2) is 4.79 Å². The van der Waals surface area contributed by atoms with Gasteiger partial charge in [0.2, 0.25) is 5.91 Å². The number of nitrogens with two attached hydrogens (primary N) is 1. The van der Waals surface area contributed by atoms with Crippen LogP contribution in [0.1, 0.15) is 38.3 Å². The second-order valence-corrected chi connectivity index (χ2v) is 7.18. The molecule has 0 saturated carbocycles. The molecule has 1 amide bonds. The molecule has 1 heterocycles. The van der Waals surface area contributed by atoms with Crippen molar-refractivity contribution in [3.05, 3.63) is 39.7 Å². The van der Waals surface area contributed by atoms with E-state index in [-0.39, 0.29) is 30.7 Å². The molecule has 6 nitrogen and oxygen atoms in total. The third kappa shape index (κ3) is 5.02. The Morgan fingerprint density at radius 3 is 2.59 bits per heavy atom. The maximum Gasteiger partial charge on any atom is 0.339 e. The van der Waals surface area contributed by atoms with E-state index in [0.717, 1.165) is 10.9 Å². The Morgan fingerprint density at radius 1 is 1.37 bits per heavy atom. The monoisotopic (exact) mass is 396 g/mol. The fourth-order valence-electron chi connectivity index (χ4n) is 2.84. The molecule has 0 radical (unpaired) electrons. The standard InChI is InChI=1S/C20H28N2O4.ClH/c1-12(2)20(4,11-21)22-18(23)9-8-16-13(3)15-7-6-14(25-5)10-17(15)26-19(16)24;/h6-7,10,12H,8-9,11,21H2,1-5H3,(H,22,23);1H. The number of ether oxygens (including phenoxy) is 1. The second-order valence-electron chi connectivity index (χ2n) is 7.18. The highest BCUT2D eigenvalue weighted by atomic mass is 35.5. The molecule has 2 rings (SSSR count).